The first-order chi connectivity index (χ1) is 6.79. The summed E-state index contributed by atoms with van der Waals surface area (Å²) in [5.41, 5.74) is 1.36. The van der Waals surface area contributed by atoms with Crippen LogP contribution < -0.4 is 5.32 Å². The van der Waals surface area contributed by atoms with E-state index in [1.165, 1.54) is 5.56 Å². The van der Waals surface area contributed by atoms with Gasteiger partial charge in [-0.2, -0.15) is 0 Å². The second-order valence-corrected chi connectivity index (χ2v) is 3.62. The molecular weight excluding hydrogens is 174 g/mol. The van der Waals surface area contributed by atoms with E-state index in [-0.39, 0.29) is 6.10 Å². The topological polar surface area (TPSA) is 32.3 Å². The van der Waals surface area contributed by atoms with Crippen molar-refractivity contribution >= 4 is 0 Å². The van der Waals surface area contributed by atoms with Gasteiger partial charge in [0.2, 0.25) is 0 Å². The maximum absolute atomic E-state index is 9.03. The van der Waals surface area contributed by atoms with Gasteiger partial charge in [0.05, 0.1) is 6.10 Å². The molecule has 0 saturated carbocycles. The summed E-state index contributed by atoms with van der Waals surface area (Å²) in [5.74, 6) is 0. The summed E-state index contributed by atoms with van der Waals surface area (Å²) in [6.45, 7) is 3.69. The molecule has 0 aliphatic carbocycles. The lowest BCUT2D eigenvalue weighted by Gasteiger charge is -2.06. The molecule has 78 valence electrons. The molecule has 2 nitrogen and oxygen atoms in total. The van der Waals surface area contributed by atoms with Gasteiger partial charge in [0.15, 0.2) is 0 Å². The number of aliphatic hydroxyl groups is 1. The largest absolute Gasteiger partial charge is 0.393 e. The van der Waals surface area contributed by atoms with Crippen molar-refractivity contribution in [2.75, 3.05) is 13.1 Å². The van der Waals surface area contributed by atoms with E-state index in [4.69, 9.17) is 5.11 Å². The standard InChI is InChI=1S/C12H19NO/c1-11(14)7-9-13-10-8-12-5-3-2-4-6-12/h2-6,11,13-14H,7-10H2,1H3/t11-/m1/s1. The Balaban J connectivity index is 2.05. The van der Waals surface area contributed by atoms with Crippen molar-refractivity contribution in [1.82, 2.24) is 5.32 Å². The molecule has 1 aromatic carbocycles. The highest BCUT2D eigenvalue weighted by Crippen LogP contribution is 1.98. The number of rotatable bonds is 6. The highest BCUT2D eigenvalue weighted by molar-refractivity contribution is 5.14. The molecule has 2 N–H and O–H groups in total. The van der Waals surface area contributed by atoms with Crippen LogP contribution in [-0.4, -0.2) is 24.3 Å². The van der Waals surface area contributed by atoms with E-state index in [2.05, 4.69) is 29.6 Å². The van der Waals surface area contributed by atoms with Crippen LogP contribution in [0.25, 0.3) is 0 Å². The predicted molar refractivity (Wildman–Crippen MR) is 59.3 cm³/mol. The van der Waals surface area contributed by atoms with Crippen LogP contribution >= 0.6 is 0 Å². The molecule has 0 unspecified atom stereocenters. The van der Waals surface area contributed by atoms with Crippen molar-refractivity contribution in [3.05, 3.63) is 35.9 Å². The Morgan fingerprint density at radius 3 is 2.57 bits per heavy atom. The van der Waals surface area contributed by atoms with E-state index in [1.807, 2.05) is 13.0 Å². The Labute approximate surface area is 86.0 Å². The van der Waals surface area contributed by atoms with Gasteiger partial charge in [-0.05, 0) is 38.4 Å². The molecule has 14 heavy (non-hydrogen) atoms. The third-order valence-corrected chi connectivity index (χ3v) is 2.17. The third-order valence-electron chi connectivity index (χ3n) is 2.17. The number of nitrogens with one attached hydrogen (secondary N) is 1. The van der Waals surface area contributed by atoms with Crippen LogP contribution in [0.2, 0.25) is 0 Å². The molecule has 2 heteroatoms. The van der Waals surface area contributed by atoms with Crippen molar-refractivity contribution in [2.45, 2.75) is 25.9 Å². The van der Waals surface area contributed by atoms with Gasteiger partial charge in [-0.25, -0.2) is 0 Å². The second kappa shape index (κ2) is 6.57. The van der Waals surface area contributed by atoms with Gasteiger partial charge < -0.3 is 10.4 Å². The second-order valence-electron chi connectivity index (χ2n) is 3.62. The highest BCUT2D eigenvalue weighted by atomic mass is 16.3. The molecule has 0 fully saturated rings. The van der Waals surface area contributed by atoms with Crippen molar-refractivity contribution in [3.8, 4) is 0 Å². The summed E-state index contributed by atoms with van der Waals surface area (Å²) in [7, 11) is 0. The third kappa shape index (κ3) is 5.00. The van der Waals surface area contributed by atoms with Crippen molar-refractivity contribution < 1.29 is 5.11 Å². The first kappa shape index (κ1) is 11.2. The fraction of sp³-hybridized carbons (Fsp3) is 0.500. The SMILES string of the molecule is C[C@@H](O)CCNCCc1ccccc1. The number of hydrogen-bond acceptors (Lipinski definition) is 2. The minimum atomic E-state index is -0.195. The van der Waals surface area contributed by atoms with Crippen molar-refractivity contribution in [2.24, 2.45) is 0 Å². The normalized spacial score (nSPS) is 12.7. The fourth-order valence-electron chi connectivity index (χ4n) is 1.31. The molecule has 0 radical (unpaired) electrons. The molecule has 0 saturated heterocycles. The Bertz CT molecular complexity index is 233. The average Bonchev–Trinajstić information content (AvgIpc) is 2.18. The minimum absolute atomic E-state index is 0.195. The van der Waals surface area contributed by atoms with Crippen LogP contribution in [0.1, 0.15) is 18.9 Å². The van der Waals surface area contributed by atoms with E-state index < -0.39 is 0 Å². The summed E-state index contributed by atoms with van der Waals surface area (Å²) in [6, 6.07) is 10.4. The van der Waals surface area contributed by atoms with Gasteiger partial charge in [-0.15, -0.1) is 0 Å². The zero-order valence-electron chi connectivity index (χ0n) is 8.74. The number of hydrogen-bond donors (Lipinski definition) is 2. The lowest BCUT2D eigenvalue weighted by molar-refractivity contribution is 0.184. The Morgan fingerprint density at radius 1 is 1.21 bits per heavy atom. The predicted octanol–water partition coefficient (Wildman–Crippen LogP) is 1.59. The van der Waals surface area contributed by atoms with E-state index in [9.17, 15) is 0 Å². The molecule has 1 rings (SSSR count). The van der Waals surface area contributed by atoms with E-state index in [1.54, 1.807) is 0 Å². The first-order valence-electron chi connectivity index (χ1n) is 5.22. The van der Waals surface area contributed by atoms with Gasteiger partial charge in [-0.1, -0.05) is 30.3 Å². The molecule has 0 aromatic heterocycles. The van der Waals surface area contributed by atoms with Gasteiger partial charge >= 0.3 is 0 Å². The Kier molecular flexibility index (Phi) is 5.27. The lowest BCUT2D eigenvalue weighted by Crippen LogP contribution is -2.21. The first-order valence-corrected chi connectivity index (χ1v) is 5.22. The molecule has 0 aliphatic rings. The summed E-state index contributed by atoms with van der Waals surface area (Å²) < 4.78 is 0. The average molecular weight is 193 g/mol. The molecule has 0 spiro atoms. The van der Waals surface area contributed by atoms with Crippen molar-refractivity contribution in [3.63, 3.8) is 0 Å². The van der Waals surface area contributed by atoms with Crippen LogP contribution in [0.4, 0.5) is 0 Å². The molecule has 1 aromatic rings. The highest BCUT2D eigenvalue weighted by Gasteiger charge is 1.94. The molecule has 0 bridgehead atoms. The number of aliphatic hydroxyl groups excluding tert-OH is 1. The van der Waals surface area contributed by atoms with Gasteiger partial charge in [0, 0.05) is 0 Å². The summed E-state index contributed by atoms with van der Waals surface area (Å²) >= 11 is 0. The number of benzene rings is 1. The minimum Gasteiger partial charge on any atom is -0.393 e. The molecule has 0 heterocycles. The van der Waals surface area contributed by atoms with Crippen LogP contribution in [0.3, 0.4) is 0 Å². The summed E-state index contributed by atoms with van der Waals surface area (Å²) in [5, 5.41) is 12.3. The van der Waals surface area contributed by atoms with Gasteiger partial charge in [0.1, 0.15) is 0 Å². The quantitative estimate of drug-likeness (QED) is 0.672. The van der Waals surface area contributed by atoms with Gasteiger partial charge in [0.25, 0.3) is 0 Å². The Hall–Kier alpha value is -0.860. The summed E-state index contributed by atoms with van der Waals surface area (Å²) in [4.78, 5) is 0. The Morgan fingerprint density at radius 2 is 1.93 bits per heavy atom. The van der Waals surface area contributed by atoms with E-state index in [0.717, 1.165) is 25.9 Å². The molecule has 0 amide bonds. The van der Waals surface area contributed by atoms with Crippen LogP contribution in [0, 0.1) is 0 Å². The smallest absolute Gasteiger partial charge is 0.0524 e. The summed E-state index contributed by atoms with van der Waals surface area (Å²) in [6.07, 6.45) is 1.69. The fourth-order valence-corrected chi connectivity index (χ4v) is 1.31. The zero-order chi connectivity index (χ0) is 10.2. The van der Waals surface area contributed by atoms with Crippen LogP contribution in [0.15, 0.2) is 30.3 Å². The maximum atomic E-state index is 9.03. The zero-order valence-corrected chi connectivity index (χ0v) is 8.74. The van der Waals surface area contributed by atoms with Crippen LogP contribution in [-0.2, 0) is 6.42 Å². The molecular formula is C12H19NO. The van der Waals surface area contributed by atoms with Gasteiger partial charge in [-0.3, -0.25) is 0 Å². The maximum Gasteiger partial charge on any atom is 0.0524 e. The molecule has 1 atom stereocenters. The van der Waals surface area contributed by atoms with E-state index >= 15 is 0 Å². The lowest BCUT2D eigenvalue weighted by atomic mass is 10.1. The van der Waals surface area contributed by atoms with E-state index in [0.29, 0.717) is 0 Å². The monoisotopic (exact) mass is 193 g/mol. The molecule has 0 aliphatic heterocycles. The van der Waals surface area contributed by atoms with Crippen molar-refractivity contribution in [1.29, 1.82) is 0 Å². The van der Waals surface area contributed by atoms with Crippen LogP contribution in [0.5, 0.6) is 0 Å².